The number of rotatable bonds is 4. The number of carbonyl (C=O) groups is 2. The van der Waals surface area contributed by atoms with Gasteiger partial charge in [-0.15, -0.1) is 12.4 Å². The van der Waals surface area contributed by atoms with Crippen LogP contribution in [0.3, 0.4) is 0 Å². The highest BCUT2D eigenvalue weighted by atomic mass is 79.9. The molecule has 0 bridgehead atoms. The minimum Gasteiger partial charge on any atom is -0.349 e. The number of amides is 2. The fraction of sp³-hybridized carbons (Fsp3) is 0.500. The quantitative estimate of drug-likeness (QED) is 0.807. The van der Waals surface area contributed by atoms with Gasteiger partial charge >= 0.3 is 0 Å². The summed E-state index contributed by atoms with van der Waals surface area (Å²) in [7, 11) is 0. The monoisotopic (exact) mass is 403 g/mol. The zero-order valence-electron chi connectivity index (χ0n) is 13.5. The number of carbonyl (C=O) groups excluding carboxylic acids is 2. The largest absolute Gasteiger partial charge is 0.349 e. The third-order valence-corrected chi connectivity index (χ3v) is 4.56. The molecule has 1 aromatic rings. The Morgan fingerprint density at radius 1 is 1.39 bits per heavy atom. The second kappa shape index (κ2) is 7.64. The summed E-state index contributed by atoms with van der Waals surface area (Å²) < 4.78 is 0.932. The van der Waals surface area contributed by atoms with Crippen molar-refractivity contribution < 1.29 is 9.59 Å². The Bertz CT molecular complexity index is 575. The van der Waals surface area contributed by atoms with E-state index < -0.39 is 5.54 Å². The fourth-order valence-corrected chi connectivity index (χ4v) is 2.85. The van der Waals surface area contributed by atoms with Gasteiger partial charge in [0.15, 0.2) is 0 Å². The van der Waals surface area contributed by atoms with Crippen LogP contribution in [-0.4, -0.2) is 35.3 Å². The highest BCUT2D eigenvalue weighted by Crippen LogP contribution is 2.22. The minimum atomic E-state index is -1.13. The lowest BCUT2D eigenvalue weighted by Crippen LogP contribution is -2.52. The van der Waals surface area contributed by atoms with Gasteiger partial charge in [0, 0.05) is 23.5 Å². The molecule has 1 aliphatic heterocycles. The van der Waals surface area contributed by atoms with Crippen molar-refractivity contribution in [1.29, 1.82) is 0 Å². The van der Waals surface area contributed by atoms with Crippen LogP contribution in [0, 0.1) is 0 Å². The average Bonchev–Trinajstić information content (AvgIpc) is 2.80. The Hall–Kier alpha value is -1.11. The van der Waals surface area contributed by atoms with Crippen LogP contribution in [0.5, 0.6) is 0 Å². The van der Waals surface area contributed by atoms with Gasteiger partial charge in [-0.1, -0.05) is 28.1 Å². The molecule has 3 N–H and O–H groups in total. The molecule has 2 unspecified atom stereocenters. The predicted octanol–water partition coefficient (Wildman–Crippen LogP) is 2.17. The van der Waals surface area contributed by atoms with Crippen molar-refractivity contribution in [3.8, 4) is 0 Å². The molecule has 0 radical (unpaired) electrons. The SMILES string of the molecule is CC(C)N1CC(NC(=O)C(C)(N)c2ccc(Br)cc2)CC1=O.Cl. The zero-order valence-corrected chi connectivity index (χ0v) is 15.9. The van der Waals surface area contributed by atoms with Crippen molar-refractivity contribution in [1.82, 2.24) is 10.2 Å². The number of nitrogens with zero attached hydrogens (tertiary/aromatic N) is 1. The molecule has 5 nitrogen and oxygen atoms in total. The van der Waals surface area contributed by atoms with Crippen LogP contribution in [0.2, 0.25) is 0 Å². The Labute approximate surface area is 151 Å². The fourth-order valence-electron chi connectivity index (χ4n) is 2.59. The Morgan fingerprint density at radius 2 is 1.96 bits per heavy atom. The Kier molecular flexibility index (Phi) is 6.62. The molecular formula is C16H23BrClN3O2. The second-order valence-corrected chi connectivity index (χ2v) is 7.14. The minimum absolute atomic E-state index is 0. The van der Waals surface area contributed by atoms with Crippen molar-refractivity contribution >= 4 is 40.2 Å². The van der Waals surface area contributed by atoms with E-state index in [2.05, 4.69) is 21.2 Å². The molecule has 2 atom stereocenters. The highest BCUT2D eigenvalue weighted by molar-refractivity contribution is 9.10. The van der Waals surface area contributed by atoms with E-state index in [1.807, 2.05) is 38.1 Å². The van der Waals surface area contributed by atoms with Crippen molar-refractivity contribution in [3.05, 3.63) is 34.3 Å². The third kappa shape index (κ3) is 4.46. The predicted molar refractivity (Wildman–Crippen MR) is 96.3 cm³/mol. The molecule has 7 heteroatoms. The zero-order chi connectivity index (χ0) is 16.5. The lowest BCUT2D eigenvalue weighted by atomic mass is 9.92. The number of halogens is 2. The summed E-state index contributed by atoms with van der Waals surface area (Å²) in [6.45, 7) is 6.16. The highest BCUT2D eigenvalue weighted by Gasteiger charge is 2.36. The van der Waals surface area contributed by atoms with Crippen LogP contribution < -0.4 is 11.1 Å². The molecule has 1 heterocycles. The number of nitrogens with one attached hydrogen (secondary N) is 1. The first-order valence-electron chi connectivity index (χ1n) is 7.37. The summed E-state index contributed by atoms with van der Waals surface area (Å²) in [6.07, 6.45) is 0.334. The lowest BCUT2D eigenvalue weighted by Gasteiger charge is -2.26. The molecule has 1 fully saturated rings. The van der Waals surface area contributed by atoms with E-state index >= 15 is 0 Å². The molecule has 1 aliphatic rings. The average molecular weight is 405 g/mol. The number of benzene rings is 1. The van der Waals surface area contributed by atoms with Crippen molar-refractivity contribution in [2.45, 2.75) is 44.8 Å². The van der Waals surface area contributed by atoms with Gasteiger partial charge < -0.3 is 16.0 Å². The number of nitrogens with two attached hydrogens (primary N) is 1. The standard InChI is InChI=1S/C16H22BrN3O2.ClH/c1-10(2)20-9-13(8-14(20)21)19-15(22)16(3,18)11-4-6-12(17)7-5-11;/h4-7,10,13H,8-9,18H2,1-3H3,(H,19,22);1H. The van der Waals surface area contributed by atoms with E-state index in [0.29, 0.717) is 13.0 Å². The Morgan fingerprint density at radius 3 is 2.43 bits per heavy atom. The van der Waals surface area contributed by atoms with Crippen LogP contribution in [0.25, 0.3) is 0 Å². The van der Waals surface area contributed by atoms with Crippen LogP contribution >= 0.6 is 28.3 Å². The first-order chi connectivity index (χ1) is 10.2. The summed E-state index contributed by atoms with van der Waals surface area (Å²) >= 11 is 3.36. The molecule has 23 heavy (non-hydrogen) atoms. The van der Waals surface area contributed by atoms with Gasteiger partial charge in [-0.05, 0) is 38.5 Å². The van der Waals surface area contributed by atoms with Crippen molar-refractivity contribution in [2.24, 2.45) is 5.73 Å². The van der Waals surface area contributed by atoms with E-state index in [1.165, 1.54) is 0 Å². The van der Waals surface area contributed by atoms with E-state index in [-0.39, 0.29) is 36.3 Å². The van der Waals surface area contributed by atoms with Gasteiger partial charge in [0.05, 0.1) is 6.04 Å². The number of hydrogen-bond acceptors (Lipinski definition) is 3. The normalized spacial score (nSPS) is 20.2. The maximum absolute atomic E-state index is 12.5. The van der Waals surface area contributed by atoms with Gasteiger partial charge in [0.1, 0.15) is 5.54 Å². The van der Waals surface area contributed by atoms with E-state index in [1.54, 1.807) is 11.8 Å². The Balaban J connectivity index is 0.00000264. The maximum Gasteiger partial charge on any atom is 0.244 e. The first-order valence-corrected chi connectivity index (χ1v) is 8.16. The molecule has 0 saturated carbocycles. The third-order valence-electron chi connectivity index (χ3n) is 4.03. The molecule has 0 spiro atoms. The van der Waals surface area contributed by atoms with E-state index in [0.717, 1.165) is 10.0 Å². The molecule has 0 aromatic heterocycles. The summed E-state index contributed by atoms with van der Waals surface area (Å²) in [4.78, 5) is 26.2. The van der Waals surface area contributed by atoms with E-state index in [9.17, 15) is 9.59 Å². The maximum atomic E-state index is 12.5. The van der Waals surface area contributed by atoms with Crippen molar-refractivity contribution in [3.63, 3.8) is 0 Å². The molecule has 2 rings (SSSR count). The van der Waals surface area contributed by atoms with E-state index in [4.69, 9.17) is 5.73 Å². The van der Waals surface area contributed by atoms with Crippen LogP contribution in [0.1, 0.15) is 32.8 Å². The summed E-state index contributed by atoms with van der Waals surface area (Å²) in [5.41, 5.74) is 5.82. The molecule has 2 amide bonds. The van der Waals surface area contributed by atoms with Gasteiger partial charge in [-0.25, -0.2) is 0 Å². The van der Waals surface area contributed by atoms with Crippen LogP contribution in [-0.2, 0) is 15.1 Å². The van der Waals surface area contributed by atoms with Gasteiger partial charge in [0.2, 0.25) is 11.8 Å². The first kappa shape index (κ1) is 19.9. The summed E-state index contributed by atoms with van der Waals surface area (Å²) in [5.74, 6) is -0.194. The van der Waals surface area contributed by atoms with Gasteiger partial charge in [-0.3, -0.25) is 9.59 Å². The summed E-state index contributed by atoms with van der Waals surface area (Å²) in [6, 6.07) is 7.32. The molecule has 128 valence electrons. The number of hydrogen-bond donors (Lipinski definition) is 2. The van der Waals surface area contributed by atoms with Crippen LogP contribution in [0.4, 0.5) is 0 Å². The van der Waals surface area contributed by atoms with Crippen molar-refractivity contribution in [2.75, 3.05) is 6.54 Å². The summed E-state index contributed by atoms with van der Waals surface area (Å²) in [5, 5.41) is 2.91. The second-order valence-electron chi connectivity index (χ2n) is 6.22. The van der Waals surface area contributed by atoms with Crippen LogP contribution in [0.15, 0.2) is 28.7 Å². The molecule has 1 saturated heterocycles. The van der Waals surface area contributed by atoms with Gasteiger partial charge in [0.25, 0.3) is 0 Å². The molecule has 1 aromatic carbocycles. The lowest BCUT2D eigenvalue weighted by molar-refractivity contribution is -0.129. The molecular weight excluding hydrogens is 382 g/mol. The number of likely N-dealkylation sites (tertiary alicyclic amines) is 1. The van der Waals surface area contributed by atoms with Gasteiger partial charge in [-0.2, -0.15) is 0 Å². The molecule has 0 aliphatic carbocycles. The topological polar surface area (TPSA) is 75.4 Å². The smallest absolute Gasteiger partial charge is 0.244 e.